The third-order valence-corrected chi connectivity index (χ3v) is 7.38. The Morgan fingerprint density at radius 3 is 2.33 bits per heavy atom. The van der Waals surface area contributed by atoms with Crippen LogP contribution in [0, 0.1) is 0 Å². The van der Waals surface area contributed by atoms with Crippen LogP contribution in [-0.4, -0.2) is 96.9 Å². The highest BCUT2D eigenvalue weighted by Crippen LogP contribution is 2.39. The van der Waals surface area contributed by atoms with Gasteiger partial charge in [0.05, 0.1) is 32.1 Å². The molecule has 16 heteroatoms. The lowest BCUT2D eigenvalue weighted by Crippen LogP contribution is -2.34. The largest absolute Gasteiger partial charge is 0.490 e. The summed E-state index contributed by atoms with van der Waals surface area (Å²) < 4.78 is 48.0. The van der Waals surface area contributed by atoms with Crippen molar-refractivity contribution in [2.75, 3.05) is 58.4 Å². The normalized spacial score (nSPS) is 14.7. The van der Waals surface area contributed by atoms with Crippen LogP contribution in [0.25, 0.3) is 11.3 Å². The van der Waals surface area contributed by atoms with Gasteiger partial charge in [0.15, 0.2) is 0 Å². The van der Waals surface area contributed by atoms with Crippen molar-refractivity contribution in [3.05, 3.63) is 75.5 Å². The molecule has 11 nitrogen and oxygen atoms in total. The van der Waals surface area contributed by atoms with Gasteiger partial charge in [-0.2, -0.15) is 13.2 Å². The minimum absolute atomic E-state index is 0.150. The number of nitrogens with zero attached hydrogens (tertiary/aromatic N) is 3. The molecule has 1 aliphatic heterocycles. The standard InChI is InChI=1S/C31H39Cl2N5O4.C2HF3O2/c1-31(2,3)42-30(39)35-9-11-41-13-12-40-10-8-34-29-17-28(36-20-37-29)22-7-5-6-21(14-22)25-18-38(4)19-26-24(25)15-23(32)16-27(26)33;3-2(4,5)1(6)7/h5-7,14-17,20,25H,8-13,18-19H2,1-4H3,(H,35,39)(H,34,36,37);(H,6,7)/t25-;/m0./s1. The van der Waals surface area contributed by atoms with Gasteiger partial charge in [0.25, 0.3) is 0 Å². The quantitative estimate of drug-likeness (QED) is 0.174. The molecule has 49 heavy (non-hydrogen) atoms. The second-order valence-corrected chi connectivity index (χ2v) is 12.8. The smallest absolute Gasteiger partial charge is 0.475 e. The SMILES string of the molecule is CN1Cc2c(Cl)cc(Cl)cc2[C@H](c2cccc(-c3cc(NCCOCCOCCNC(=O)OC(C)(C)C)ncn3)c2)C1.O=C(O)C(F)(F)F. The molecular weight excluding hydrogens is 690 g/mol. The van der Waals surface area contributed by atoms with Gasteiger partial charge in [-0.15, -0.1) is 0 Å². The van der Waals surface area contributed by atoms with Gasteiger partial charge >= 0.3 is 18.2 Å². The van der Waals surface area contributed by atoms with Gasteiger partial charge in [-0.25, -0.2) is 19.6 Å². The van der Waals surface area contributed by atoms with Crippen molar-refractivity contribution in [2.45, 2.75) is 45.0 Å². The first kappa shape index (κ1) is 39.7. The Balaban J connectivity index is 0.000000838. The van der Waals surface area contributed by atoms with Gasteiger partial charge in [-0.1, -0.05) is 41.4 Å². The van der Waals surface area contributed by atoms with Crippen molar-refractivity contribution in [3.63, 3.8) is 0 Å². The molecule has 0 saturated heterocycles. The van der Waals surface area contributed by atoms with Gasteiger partial charge in [-0.3, -0.25) is 0 Å². The zero-order valence-electron chi connectivity index (χ0n) is 27.6. The minimum atomic E-state index is -5.08. The molecule has 3 N–H and O–H groups in total. The first-order chi connectivity index (χ1) is 23.0. The molecule has 2 aromatic carbocycles. The number of carboxylic acids is 1. The molecule has 0 spiro atoms. The van der Waals surface area contributed by atoms with E-state index in [4.69, 9.17) is 47.3 Å². The van der Waals surface area contributed by atoms with Crippen LogP contribution in [0.3, 0.4) is 0 Å². The Bertz CT molecular complexity index is 1560. The zero-order chi connectivity index (χ0) is 36.2. The molecule has 4 rings (SSSR count). The van der Waals surface area contributed by atoms with E-state index >= 15 is 0 Å². The maximum Gasteiger partial charge on any atom is 0.490 e. The second-order valence-electron chi connectivity index (χ2n) is 12.0. The Morgan fingerprint density at radius 2 is 1.67 bits per heavy atom. The van der Waals surface area contributed by atoms with Crippen LogP contribution >= 0.6 is 23.2 Å². The molecule has 0 fully saturated rings. The number of carbonyl (C=O) groups excluding carboxylic acids is 1. The average Bonchev–Trinajstić information content (AvgIpc) is 3.01. The van der Waals surface area contributed by atoms with Gasteiger partial charge in [0.2, 0.25) is 0 Å². The summed E-state index contributed by atoms with van der Waals surface area (Å²) in [5.74, 6) is -1.89. The van der Waals surface area contributed by atoms with Crippen molar-refractivity contribution >= 4 is 41.1 Å². The average molecular weight is 731 g/mol. The lowest BCUT2D eigenvalue weighted by atomic mass is 9.84. The van der Waals surface area contributed by atoms with E-state index in [1.165, 1.54) is 11.1 Å². The number of halogens is 5. The van der Waals surface area contributed by atoms with Crippen molar-refractivity contribution in [1.82, 2.24) is 20.2 Å². The predicted molar refractivity (Wildman–Crippen MR) is 180 cm³/mol. The number of nitrogens with one attached hydrogen (secondary N) is 2. The Labute approximate surface area is 293 Å². The first-order valence-corrected chi connectivity index (χ1v) is 16.0. The number of carboxylic acid groups (broad SMARTS) is 1. The fraction of sp³-hybridized carbons (Fsp3) is 0.455. The molecule has 0 radical (unpaired) electrons. The fourth-order valence-electron chi connectivity index (χ4n) is 4.77. The van der Waals surface area contributed by atoms with E-state index in [9.17, 15) is 18.0 Å². The van der Waals surface area contributed by atoms with E-state index < -0.39 is 23.8 Å². The van der Waals surface area contributed by atoms with Crippen LogP contribution in [-0.2, 0) is 25.5 Å². The molecule has 1 aromatic heterocycles. The van der Waals surface area contributed by atoms with Crippen LogP contribution in [0.1, 0.15) is 43.4 Å². The summed E-state index contributed by atoms with van der Waals surface area (Å²) in [6.45, 7) is 9.87. The van der Waals surface area contributed by atoms with E-state index in [1.54, 1.807) is 6.33 Å². The number of likely N-dealkylation sites (N-methyl/N-ethyl adjacent to an activating group) is 1. The number of fused-ring (bicyclic) bond motifs is 1. The summed E-state index contributed by atoms with van der Waals surface area (Å²) in [6, 6.07) is 14.2. The summed E-state index contributed by atoms with van der Waals surface area (Å²) in [4.78, 5) is 31.7. The number of anilines is 1. The van der Waals surface area contributed by atoms with E-state index in [0.717, 1.165) is 35.7 Å². The van der Waals surface area contributed by atoms with E-state index in [1.807, 2.05) is 39.0 Å². The van der Waals surface area contributed by atoms with Gasteiger partial charge in [0.1, 0.15) is 17.7 Å². The predicted octanol–water partition coefficient (Wildman–Crippen LogP) is 6.63. The monoisotopic (exact) mass is 729 g/mol. The summed E-state index contributed by atoms with van der Waals surface area (Å²) in [5, 5.41) is 14.4. The number of hydrogen-bond acceptors (Lipinski definition) is 9. The molecule has 0 bridgehead atoms. The fourth-order valence-corrected chi connectivity index (χ4v) is 5.34. The lowest BCUT2D eigenvalue weighted by Gasteiger charge is -2.33. The molecule has 0 aliphatic carbocycles. The van der Waals surface area contributed by atoms with Crippen LogP contribution in [0.4, 0.5) is 23.8 Å². The Hall–Kier alpha value is -3.69. The summed E-state index contributed by atoms with van der Waals surface area (Å²) >= 11 is 12.9. The number of alkyl carbamates (subject to hydrolysis) is 1. The van der Waals surface area contributed by atoms with Crippen molar-refractivity contribution in [1.29, 1.82) is 0 Å². The van der Waals surface area contributed by atoms with Crippen LogP contribution in [0.5, 0.6) is 0 Å². The van der Waals surface area contributed by atoms with E-state index in [-0.39, 0.29) is 5.92 Å². The third kappa shape index (κ3) is 13.6. The van der Waals surface area contributed by atoms with Crippen LogP contribution in [0.2, 0.25) is 10.0 Å². The van der Waals surface area contributed by atoms with Crippen LogP contribution in [0.15, 0.2) is 48.8 Å². The number of ether oxygens (including phenoxy) is 3. The topological polar surface area (TPSA) is 135 Å². The van der Waals surface area contributed by atoms with E-state index in [0.29, 0.717) is 49.6 Å². The van der Waals surface area contributed by atoms with Crippen molar-refractivity contribution in [3.8, 4) is 11.3 Å². The number of rotatable bonds is 12. The maximum atomic E-state index is 11.6. The summed E-state index contributed by atoms with van der Waals surface area (Å²) in [5.41, 5.74) is 4.81. The highest BCUT2D eigenvalue weighted by atomic mass is 35.5. The molecule has 0 unspecified atom stereocenters. The molecule has 268 valence electrons. The number of aliphatic carboxylic acids is 1. The number of alkyl halides is 3. The minimum Gasteiger partial charge on any atom is -0.475 e. The molecular formula is C33H40Cl2F3N5O6. The third-order valence-electron chi connectivity index (χ3n) is 6.83. The van der Waals surface area contributed by atoms with Crippen LogP contribution < -0.4 is 10.6 Å². The van der Waals surface area contributed by atoms with E-state index in [2.05, 4.69) is 56.8 Å². The molecule has 3 aromatic rings. The number of aromatic nitrogens is 2. The van der Waals surface area contributed by atoms with Gasteiger partial charge in [0, 0.05) is 53.8 Å². The first-order valence-electron chi connectivity index (χ1n) is 15.3. The molecule has 0 saturated carbocycles. The highest BCUT2D eigenvalue weighted by molar-refractivity contribution is 6.35. The number of hydrogen-bond donors (Lipinski definition) is 3. The summed E-state index contributed by atoms with van der Waals surface area (Å²) in [6.07, 6.45) is -3.97. The molecule has 1 aliphatic rings. The molecule has 1 amide bonds. The van der Waals surface area contributed by atoms with Crippen molar-refractivity contribution < 1.29 is 42.1 Å². The number of carbonyl (C=O) groups is 2. The summed E-state index contributed by atoms with van der Waals surface area (Å²) in [7, 11) is 2.11. The highest BCUT2D eigenvalue weighted by Gasteiger charge is 2.38. The Morgan fingerprint density at radius 1 is 1.00 bits per heavy atom. The lowest BCUT2D eigenvalue weighted by molar-refractivity contribution is -0.192. The van der Waals surface area contributed by atoms with Gasteiger partial charge < -0.3 is 34.9 Å². The Kier molecular flexibility index (Phi) is 14.9. The van der Waals surface area contributed by atoms with Gasteiger partial charge in [-0.05, 0) is 62.7 Å². The number of amides is 1. The maximum absolute atomic E-state index is 11.6. The molecule has 1 atom stereocenters. The second kappa shape index (κ2) is 18.3. The molecule has 2 heterocycles. The zero-order valence-corrected chi connectivity index (χ0v) is 29.1. The van der Waals surface area contributed by atoms with Crippen molar-refractivity contribution in [2.24, 2.45) is 0 Å². The number of benzene rings is 2.